The van der Waals surface area contributed by atoms with Crippen molar-refractivity contribution in [3.05, 3.63) is 44.9 Å². The molecule has 29 heavy (non-hydrogen) atoms. The van der Waals surface area contributed by atoms with Crippen molar-refractivity contribution in [3.63, 3.8) is 0 Å². The Hall–Kier alpha value is -2.45. The molecule has 0 spiro atoms. The normalized spacial score (nSPS) is 17.2. The molecule has 1 fully saturated rings. The van der Waals surface area contributed by atoms with Gasteiger partial charge in [-0.3, -0.25) is 9.59 Å². The zero-order valence-corrected chi connectivity index (χ0v) is 17.9. The SMILES string of the molecule is COC(=O)c1[nH]c(C)c(C(=O)[C@@H](C)N(C[C@@H]2CCCO2)C(=O)c2cccs2)c1C. The maximum atomic E-state index is 13.4. The maximum absolute atomic E-state index is 13.4. The number of aryl methyl sites for hydroxylation is 1. The molecule has 0 saturated carbocycles. The molecule has 0 radical (unpaired) electrons. The molecule has 1 aliphatic heterocycles. The van der Waals surface area contributed by atoms with Gasteiger partial charge in [-0.1, -0.05) is 6.07 Å². The summed E-state index contributed by atoms with van der Waals surface area (Å²) in [7, 11) is 1.30. The van der Waals surface area contributed by atoms with Crippen molar-refractivity contribution in [1.82, 2.24) is 9.88 Å². The summed E-state index contributed by atoms with van der Waals surface area (Å²) in [4.78, 5) is 43.6. The minimum Gasteiger partial charge on any atom is -0.464 e. The highest BCUT2D eigenvalue weighted by Crippen LogP contribution is 2.25. The molecule has 1 N–H and O–H groups in total. The number of H-pyrrole nitrogens is 1. The van der Waals surface area contributed by atoms with Crippen molar-refractivity contribution in [2.24, 2.45) is 0 Å². The topological polar surface area (TPSA) is 88.7 Å². The minimum atomic E-state index is -0.701. The first-order valence-corrected chi connectivity index (χ1v) is 10.5. The fraction of sp³-hybridized carbons (Fsp3) is 0.476. The van der Waals surface area contributed by atoms with E-state index in [0.29, 0.717) is 34.8 Å². The van der Waals surface area contributed by atoms with Gasteiger partial charge in [0, 0.05) is 24.4 Å². The first-order valence-electron chi connectivity index (χ1n) is 9.62. The van der Waals surface area contributed by atoms with Crippen LogP contribution in [0.4, 0.5) is 0 Å². The van der Waals surface area contributed by atoms with Crippen LogP contribution in [0, 0.1) is 13.8 Å². The highest BCUT2D eigenvalue weighted by Gasteiger charge is 2.34. The zero-order chi connectivity index (χ0) is 21.1. The molecular weight excluding hydrogens is 392 g/mol. The lowest BCUT2D eigenvalue weighted by Crippen LogP contribution is -2.47. The summed E-state index contributed by atoms with van der Waals surface area (Å²) in [5, 5.41) is 1.84. The first-order chi connectivity index (χ1) is 13.8. The quantitative estimate of drug-likeness (QED) is 0.550. The second-order valence-electron chi connectivity index (χ2n) is 7.23. The van der Waals surface area contributed by atoms with E-state index < -0.39 is 12.0 Å². The third-order valence-electron chi connectivity index (χ3n) is 5.34. The van der Waals surface area contributed by atoms with Gasteiger partial charge in [-0.05, 0) is 50.6 Å². The van der Waals surface area contributed by atoms with Crippen molar-refractivity contribution in [2.75, 3.05) is 20.3 Å². The van der Waals surface area contributed by atoms with Crippen molar-refractivity contribution in [1.29, 1.82) is 0 Å². The molecule has 1 aliphatic rings. The zero-order valence-electron chi connectivity index (χ0n) is 17.1. The Morgan fingerprint density at radius 3 is 2.72 bits per heavy atom. The number of Topliss-reactive ketones (excluding diaryl/α,β-unsaturated/α-hetero) is 1. The van der Waals surface area contributed by atoms with Crippen LogP contribution < -0.4 is 0 Å². The lowest BCUT2D eigenvalue weighted by atomic mass is 9.99. The van der Waals surface area contributed by atoms with Crippen LogP contribution in [-0.4, -0.2) is 60.0 Å². The molecule has 2 aromatic rings. The molecule has 0 aliphatic carbocycles. The number of rotatable bonds is 7. The van der Waals surface area contributed by atoms with Gasteiger partial charge in [-0.2, -0.15) is 0 Å². The van der Waals surface area contributed by atoms with Crippen LogP contribution in [0.1, 0.15) is 61.5 Å². The summed E-state index contributed by atoms with van der Waals surface area (Å²) in [5.74, 6) is -0.923. The average Bonchev–Trinajstić information content (AvgIpc) is 3.46. The molecular formula is C21H26N2O5S. The number of nitrogens with zero attached hydrogens (tertiary/aromatic N) is 1. The number of aromatic amines is 1. The molecule has 7 nitrogen and oxygen atoms in total. The molecule has 0 aromatic carbocycles. The molecule has 0 bridgehead atoms. The highest BCUT2D eigenvalue weighted by molar-refractivity contribution is 7.12. The van der Waals surface area contributed by atoms with Gasteiger partial charge in [0.1, 0.15) is 5.69 Å². The number of ketones is 1. The number of thiophene rings is 1. The molecule has 1 saturated heterocycles. The first kappa shape index (κ1) is 21.3. The number of nitrogens with one attached hydrogen (secondary N) is 1. The molecule has 1 amide bonds. The van der Waals surface area contributed by atoms with Gasteiger partial charge in [-0.25, -0.2) is 4.79 Å². The Morgan fingerprint density at radius 2 is 2.14 bits per heavy atom. The molecule has 3 rings (SSSR count). The number of ether oxygens (including phenoxy) is 2. The van der Waals surface area contributed by atoms with E-state index in [1.165, 1.54) is 18.4 Å². The molecule has 0 unspecified atom stereocenters. The van der Waals surface area contributed by atoms with E-state index >= 15 is 0 Å². The number of aromatic nitrogens is 1. The lowest BCUT2D eigenvalue weighted by molar-refractivity contribution is 0.0413. The predicted molar refractivity (Wildman–Crippen MR) is 110 cm³/mol. The lowest BCUT2D eigenvalue weighted by Gasteiger charge is -2.30. The number of carbonyl (C=O) groups excluding carboxylic acids is 3. The Bertz CT molecular complexity index is 897. The largest absolute Gasteiger partial charge is 0.464 e. The van der Waals surface area contributed by atoms with Crippen molar-refractivity contribution in [3.8, 4) is 0 Å². The summed E-state index contributed by atoms with van der Waals surface area (Å²) in [6, 6.07) is 2.87. The number of hydrogen-bond acceptors (Lipinski definition) is 6. The monoisotopic (exact) mass is 418 g/mol. The second-order valence-corrected chi connectivity index (χ2v) is 8.17. The average molecular weight is 419 g/mol. The number of carbonyl (C=O) groups is 3. The minimum absolute atomic E-state index is 0.0757. The number of amides is 1. The Morgan fingerprint density at radius 1 is 1.38 bits per heavy atom. The van der Waals surface area contributed by atoms with E-state index in [1.807, 2.05) is 11.4 Å². The highest BCUT2D eigenvalue weighted by atomic mass is 32.1. The van der Waals surface area contributed by atoms with E-state index in [9.17, 15) is 14.4 Å². The molecule has 2 aromatic heterocycles. The van der Waals surface area contributed by atoms with E-state index in [-0.39, 0.29) is 23.5 Å². The van der Waals surface area contributed by atoms with Crippen LogP contribution in [0.25, 0.3) is 0 Å². The van der Waals surface area contributed by atoms with E-state index in [0.717, 1.165) is 12.8 Å². The summed E-state index contributed by atoms with van der Waals surface area (Å²) >= 11 is 1.35. The third kappa shape index (κ3) is 4.28. The number of esters is 1. The molecule has 2 atom stereocenters. The fourth-order valence-corrected chi connectivity index (χ4v) is 4.42. The van der Waals surface area contributed by atoms with Gasteiger partial charge in [0.15, 0.2) is 5.78 Å². The summed E-state index contributed by atoms with van der Waals surface area (Å²) < 4.78 is 10.5. The summed E-state index contributed by atoms with van der Waals surface area (Å²) in [6.45, 7) is 6.21. The maximum Gasteiger partial charge on any atom is 0.354 e. The van der Waals surface area contributed by atoms with Gasteiger partial charge in [-0.15, -0.1) is 11.3 Å². The predicted octanol–water partition coefficient (Wildman–Crippen LogP) is 3.37. The van der Waals surface area contributed by atoms with Crippen LogP contribution in [-0.2, 0) is 9.47 Å². The fourth-order valence-electron chi connectivity index (χ4n) is 3.74. The van der Waals surface area contributed by atoms with E-state index in [4.69, 9.17) is 9.47 Å². The van der Waals surface area contributed by atoms with E-state index in [1.54, 1.807) is 31.7 Å². The number of hydrogen-bond donors (Lipinski definition) is 1. The summed E-state index contributed by atoms with van der Waals surface area (Å²) in [6.07, 6.45) is 1.74. The molecule has 3 heterocycles. The van der Waals surface area contributed by atoms with Crippen LogP contribution >= 0.6 is 11.3 Å². The Labute approximate surface area is 174 Å². The van der Waals surface area contributed by atoms with Crippen molar-refractivity contribution in [2.45, 2.75) is 45.8 Å². The van der Waals surface area contributed by atoms with Gasteiger partial charge < -0.3 is 19.4 Å². The molecule has 8 heteroatoms. The van der Waals surface area contributed by atoms with Crippen molar-refractivity contribution < 1.29 is 23.9 Å². The van der Waals surface area contributed by atoms with Gasteiger partial charge in [0.05, 0.1) is 24.1 Å². The Balaban J connectivity index is 1.91. The van der Waals surface area contributed by atoms with Crippen LogP contribution in [0.3, 0.4) is 0 Å². The van der Waals surface area contributed by atoms with Crippen LogP contribution in [0.2, 0.25) is 0 Å². The standard InChI is InChI=1S/C21H26N2O5S/c1-12-17(13(2)22-18(12)21(26)27-4)19(24)14(3)23(11-15-7-5-9-28-15)20(25)16-8-6-10-29-16/h6,8,10,14-15,22H,5,7,9,11H2,1-4H3/t14-,15+/m1/s1. The van der Waals surface area contributed by atoms with Crippen LogP contribution in [0.5, 0.6) is 0 Å². The van der Waals surface area contributed by atoms with E-state index in [2.05, 4.69) is 4.98 Å². The Kier molecular flexibility index (Phi) is 6.54. The third-order valence-corrected chi connectivity index (χ3v) is 6.20. The summed E-state index contributed by atoms with van der Waals surface area (Å²) in [5.41, 5.74) is 1.80. The number of methoxy groups -OCH3 is 1. The van der Waals surface area contributed by atoms with Crippen molar-refractivity contribution >= 4 is 29.0 Å². The second kappa shape index (κ2) is 8.92. The molecule has 156 valence electrons. The van der Waals surface area contributed by atoms with Crippen LogP contribution in [0.15, 0.2) is 17.5 Å². The van der Waals surface area contributed by atoms with Gasteiger partial charge in [0.25, 0.3) is 5.91 Å². The van der Waals surface area contributed by atoms with Gasteiger partial charge >= 0.3 is 5.97 Å². The smallest absolute Gasteiger partial charge is 0.354 e. The van der Waals surface area contributed by atoms with Gasteiger partial charge in [0.2, 0.25) is 0 Å².